The summed E-state index contributed by atoms with van der Waals surface area (Å²) in [6.07, 6.45) is 2.40. The monoisotopic (exact) mass is 379 g/mol. The van der Waals surface area contributed by atoms with E-state index in [1.807, 2.05) is 12.1 Å². The van der Waals surface area contributed by atoms with E-state index in [0.717, 1.165) is 22.9 Å². The zero-order valence-corrected chi connectivity index (χ0v) is 15.3. The van der Waals surface area contributed by atoms with Crippen molar-refractivity contribution >= 4 is 32.7 Å². The third-order valence-electron chi connectivity index (χ3n) is 3.54. The molecule has 1 aromatic carbocycles. The number of pyridine rings is 1. The van der Waals surface area contributed by atoms with Crippen molar-refractivity contribution in [3.05, 3.63) is 42.2 Å². The summed E-state index contributed by atoms with van der Waals surface area (Å²) in [7, 11) is -1.71. The molecule has 0 saturated carbocycles. The Morgan fingerprint density at radius 3 is 2.68 bits per heavy atom. The van der Waals surface area contributed by atoms with E-state index in [4.69, 9.17) is 14.6 Å². The quantitative estimate of drug-likeness (QED) is 0.634. The molecule has 0 amide bonds. The van der Waals surface area contributed by atoms with Crippen molar-refractivity contribution in [1.82, 2.24) is 9.97 Å². The molecule has 132 valence electrons. The molecule has 0 unspecified atom stereocenters. The molecule has 0 fully saturated rings. The highest BCUT2D eigenvalue weighted by Crippen LogP contribution is 2.33. The van der Waals surface area contributed by atoms with Crippen LogP contribution in [0.15, 0.2) is 41.4 Å². The van der Waals surface area contributed by atoms with Crippen molar-refractivity contribution in [2.24, 2.45) is 5.14 Å². The van der Waals surface area contributed by atoms with E-state index >= 15 is 0 Å². The van der Waals surface area contributed by atoms with Crippen LogP contribution in [-0.2, 0) is 15.6 Å². The van der Waals surface area contributed by atoms with Crippen LogP contribution in [0.3, 0.4) is 0 Å². The molecule has 0 atom stereocenters. The zero-order chi connectivity index (χ0) is 18.0. The number of aromatic amines is 1. The largest absolute Gasteiger partial charge is 0.494 e. The average Bonchev–Trinajstić information content (AvgIpc) is 2.96. The van der Waals surface area contributed by atoms with Crippen LogP contribution in [0, 0.1) is 0 Å². The number of rotatable bonds is 6. The number of nitrogens with one attached hydrogen (secondary N) is 1. The fraction of sp³-hybridized carbons (Fsp3) is 0.188. The molecule has 0 aliphatic rings. The van der Waals surface area contributed by atoms with E-state index in [0.29, 0.717) is 23.1 Å². The number of methoxy groups -OCH3 is 1. The van der Waals surface area contributed by atoms with Crippen LogP contribution in [0.2, 0.25) is 0 Å². The van der Waals surface area contributed by atoms with Gasteiger partial charge in [0.15, 0.2) is 9.84 Å². The number of H-pyrrole nitrogens is 1. The molecule has 0 bridgehead atoms. The summed E-state index contributed by atoms with van der Waals surface area (Å²) in [5, 5.41) is 6.44. The van der Waals surface area contributed by atoms with E-state index < -0.39 is 9.84 Å². The molecule has 7 nitrogen and oxygen atoms in total. The lowest BCUT2D eigenvalue weighted by molar-refractivity contribution is 0.411. The fourth-order valence-corrected chi connectivity index (χ4v) is 3.29. The van der Waals surface area contributed by atoms with E-state index in [2.05, 4.69) is 9.97 Å². The summed E-state index contributed by atoms with van der Waals surface area (Å²) >= 11 is 1.23. The number of aromatic nitrogens is 2. The van der Waals surface area contributed by atoms with Gasteiger partial charge >= 0.3 is 0 Å². The van der Waals surface area contributed by atoms with E-state index in [1.54, 1.807) is 13.2 Å². The Labute approximate surface area is 149 Å². The zero-order valence-electron chi connectivity index (χ0n) is 13.6. The lowest BCUT2D eigenvalue weighted by Gasteiger charge is -2.08. The Kier molecular flexibility index (Phi) is 4.89. The van der Waals surface area contributed by atoms with Gasteiger partial charge in [0, 0.05) is 41.4 Å². The van der Waals surface area contributed by atoms with Gasteiger partial charge in [0.05, 0.1) is 17.5 Å². The van der Waals surface area contributed by atoms with Crippen molar-refractivity contribution in [3.63, 3.8) is 0 Å². The summed E-state index contributed by atoms with van der Waals surface area (Å²) in [4.78, 5) is 7.45. The van der Waals surface area contributed by atoms with Gasteiger partial charge in [0.2, 0.25) is 5.88 Å². The number of fused-ring (bicyclic) bond motifs is 1. The molecule has 0 aliphatic heterocycles. The van der Waals surface area contributed by atoms with Crippen LogP contribution in [0.4, 0.5) is 0 Å². The van der Waals surface area contributed by atoms with E-state index in [-0.39, 0.29) is 4.90 Å². The number of ether oxygens (including phenoxy) is 2. The number of nitrogens with two attached hydrogens (primary N) is 1. The van der Waals surface area contributed by atoms with Crippen molar-refractivity contribution in [1.29, 1.82) is 0 Å². The molecule has 25 heavy (non-hydrogen) atoms. The minimum atomic E-state index is -3.29. The summed E-state index contributed by atoms with van der Waals surface area (Å²) in [5.41, 5.74) is 1.84. The molecular formula is C16H17N3O4S2. The second-order valence-electron chi connectivity index (χ2n) is 5.40. The van der Waals surface area contributed by atoms with Gasteiger partial charge in [-0.3, -0.25) is 5.14 Å². The molecule has 3 aromatic rings. The number of nitrogens with zero attached hydrogens (tertiary/aromatic N) is 1. The Morgan fingerprint density at radius 1 is 1.28 bits per heavy atom. The van der Waals surface area contributed by atoms with Gasteiger partial charge in [-0.15, -0.1) is 0 Å². The van der Waals surface area contributed by atoms with Gasteiger partial charge in [-0.25, -0.2) is 13.4 Å². The summed E-state index contributed by atoms with van der Waals surface area (Å²) in [6.45, 7) is 0. The molecule has 3 N–H and O–H groups in total. The number of hydrogen-bond donors (Lipinski definition) is 2. The summed E-state index contributed by atoms with van der Waals surface area (Å²) < 4.78 is 34.1. The van der Waals surface area contributed by atoms with Gasteiger partial charge in [-0.1, -0.05) is 11.9 Å². The highest BCUT2D eigenvalue weighted by atomic mass is 32.2. The minimum Gasteiger partial charge on any atom is -0.494 e. The molecule has 9 heteroatoms. The van der Waals surface area contributed by atoms with Gasteiger partial charge in [-0.05, 0) is 18.2 Å². The lowest BCUT2D eigenvalue weighted by atomic mass is 10.2. The Hall–Kier alpha value is -2.23. The molecular weight excluding hydrogens is 362 g/mol. The first-order valence-electron chi connectivity index (χ1n) is 7.26. The van der Waals surface area contributed by atoms with Crippen LogP contribution in [0.5, 0.6) is 17.4 Å². The van der Waals surface area contributed by atoms with E-state index in [1.165, 1.54) is 30.3 Å². The standard InChI is InChI=1S/C16H17N3O4S2/c1-22-14-7-12(6-10-5-11(9-24-17)19-16(10)14)23-15-4-3-13(8-18-15)25(2,20)21/h3-8,19H,9,17H2,1-2H3. The highest BCUT2D eigenvalue weighted by Gasteiger charge is 2.12. The third-order valence-corrected chi connectivity index (χ3v) is 5.12. The van der Waals surface area contributed by atoms with Crippen LogP contribution in [0.1, 0.15) is 5.69 Å². The maximum absolute atomic E-state index is 11.5. The number of sulfone groups is 1. The SMILES string of the molecule is COc1cc(Oc2ccc(S(C)(=O)=O)cn2)cc2cc(CSN)[nH]c12. The molecule has 0 aliphatic carbocycles. The Balaban J connectivity index is 1.93. The number of benzene rings is 1. The normalized spacial score (nSPS) is 11.6. The van der Waals surface area contributed by atoms with Gasteiger partial charge in [-0.2, -0.15) is 0 Å². The molecule has 2 aromatic heterocycles. The van der Waals surface area contributed by atoms with Crippen molar-refractivity contribution < 1.29 is 17.9 Å². The topological polar surface area (TPSA) is 107 Å². The smallest absolute Gasteiger partial charge is 0.219 e. The van der Waals surface area contributed by atoms with E-state index in [9.17, 15) is 8.42 Å². The Bertz CT molecular complexity index is 998. The molecule has 0 spiro atoms. The predicted octanol–water partition coefficient (Wildman–Crippen LogP) is 2.87. The maximum atomic E-state index is 11.5. The van der Waals surface area contributed by atoms with Crippen molar-refractivity contribution in [3.8, 4) is 17.4 Å². The first-order chi connectivity index (χ1) is 11.9. The average molecular weight is 379 g/mol. The van der Waals surface area contributed by atoms with Crippen LogP contribution in [0.25, 0.3) is 10.9 Å². The molecule has 3 rings (SSSR count). The van der Waals surface area contributed by atoms with Crippen LogP contribution >= 0.6 is 11.9 Å². The maximum Gasteiger partial charge on any atom is 0.219 e. The second kappa shape index (κ2) is 6.95. The van der Waals surface area contributed by atoms with Gasteiger partial charge in [0.25, 0.3) is 0 Å². The second-order valence-corrected chi connectivity index (χ2v) is 8.04. The molecule has 2 heterocycles. The van der Waals surface area contributed by atoms with Gasteiger partial charge < -0.3 is 14.5 Å². The first-order valence-corrected chi connectivity index (χ1v) is 10.2. The highest BCUT2D eigenvalue weighted by molar-refractivity contribution is 7.96. The summed E-state index contributed by atoms with van der Waals surface area (Å²) in [6, 6.07) is 8.54. The van der Waals surface area contributed by atoms with Crippen LogP contribution < -0.4 is 14.6 Å². The first kappa shape index (κ1) is 17.6. The van der Waals surface area contributed by atoms with Crippen molar-refractivity contribution in [2.45, 2.75) is 10.6 Å². The van der Waals surface area contributed by atoms with Crippen molar-refractivity contribution in [2.75, 3.05) is 13.4 Å². The van der Waals surface area contributed by atoms with Gasteiger partial charge in [0.1, 0.15) is 11.5 Å². The molecule has 0 radical (unpaired) electrons. The summed E-state index contributed by atoms with van der Waals surface area (Å²) in [5.74, 6) is 2.12. The fourth-order valence-electron chi connectivity index (χ4n) is 2.40. The Morgan fingerprint density at radius 2 is 2.08 bits per heavy atom. The third kappa shape index (κ3) is 3.89. The molecule has 0 saturated heterocycles. The lowest BCUT2D eigenvalue weighted by Crippen LogP contribution is -1.98. The van der Waals surface area contributed by atoms with Crippen LogP contribution in [-0.4, -0.2) is 31.8 Å². The number of hydrogen-bond acceptors (Lipinski definition) is 7. The predicted molar refractivity (Wildman–Crippen MR) is 97.8 cm³/mol. The minimum absolute atomic E-state index is 0.141.